The van der Waals surface area contributed by atoms with Crippen molar-refractivity contribution < 1.29 is 4.79 Å². The van der Waals surface area contributed by atoms with E-state index in [2.05, 4.69) is 39.8 Å². The van der Waals surface area contributed by atoms with Crippen molar-refractivity contribution in [3.8, 4) is 0 Å². The Morgan fingerprint density at radius 2 is 1.71 bits per heavy atom. The maximum absolute atomic E-state index is 12.2. The van der Waals surface area contributed by atoms with Crippen LogP contribution in [0, 0.1) is 6.92 Å². The van der Waals surface area contributed by atoms with E-state index < -0.39 is 0 Å². The van der Waals surface area contributed by atoms with Crippen LogP contribution in [0.4, 0.5) is 10.5 Å². The molecule has 2 aromatic rings. The molecule has 4 nitrogen and oxygen atoms in total. The normalized spacial score (nSPS) is 15.9. The van der Waals surface area contributed by atoms with E-state index in [1.807, 2.05) is 37.3 Å². The van der Waals surface area contributed by atoms with Gasteiger partial charge in [-0.2, -0.15) is 0 Å². The van der Waals surface area contributed by atoms with Gasteiger partial charge in [0.05, 0.1) is 6.04 Å². The number of urea groups is 1. The number of hydrogen-bond donors (Lipinski definition) is 2. The number of rotatable bonds is 5. The second-order valence-electron chi connectivity index (χ2n) is 6.37. The van der Waals surface area contributed by atoms with Gasteiger partial charge in [-0.25, -0.2) is 4.79 Å². The summed E-state index contributed by atoms with van der Waals surface area (Å²) >= 11 is 0. The van der Waals surface area contributed by atoms with E-state index in [1.165, 1.54) is 24.0 Å². The maximum atomic E-state index is 12.2. The Bertz CT molecular complexity index is 648. The van der Waals surface area contributed by atoms with Crippen molar-refractivity contribution in [2.45, 2.75) is 25.8 Å². The number of nitrogens with one attached hydrogen (secondary N) is 2. The minimum atomic E-state index is -0.154. The first-order valence-corrected chi connectivity index (χ1v) is 8.63. The van der Waals surface area contributed by atoms with Crippen LogP contribution in [0.3, 0.4) is 0 Å². The van der Waals surface area contributed by atoms with Crippen LogP contribution in [0.5, 0.6) is 0 Å². The first kappa shape index (κ1) is 16.5. The van der Waals surface area contributed by atoms with Gasteiger partial charge in [0.15, 0.2) is 0 Å². The van der Waals surface area contributed by atoms with Gasteiger partial charge in [0.2, 0.25) is 0 Å². The van der Waals surface area contributed by atoms with Gasteiger partial charge in [0.1, 0.15) is 0 Å². The van der Waals surface area contributed by atoms with Crippen LogP contribution < -0.4 is 10.6 Å². The average molecular weight is 323 g/mol. The van der Waals surface area contributed by atoms with Crippen molar-refractivity contribution in [2.24, 2.45) is 0 Å². The monoisotopic (exact) mass is 323 g/mol. The third-order valence-corrected chi connectivity index (χ3v) is 4.53. The number of benzene rings is 2. The number of anilines is 1. The van der Waals surface area contributed by atoms with Gasteiger partial charge >= 0.3 is 6.03 Å². The Kier molecular flexibility index (Phi) is 5.49. The van der Waals surface area contributed by atoms with Gasteiger partial charge in [-0.15, -0.1) is 0 Å². The molecule has 126 valence electrons. The Morgan fingerprint density at radius 3 is 2.38 bits per heavy atom. The fourth-order valence-corrected chi connectivity index (χ4v) is 3.19. The lowest BCUT2D eigenvalue weighted by atomic mass is 10.1. The van der Waals surface area contributed by atoms with E-state index in [9.17, 15) is 4.79 Å². The van der Waals surface area contributed by atoms with Gasteiger partial charge < -0.3 is 10.6 Å². The number of hydrogen-bond acceptors (Lipinski definition) is 2. The molecule has 2 amide bonds. The molecule has 0 radical (unpaired) electrons. The standard InChI is InChI=1S/C20H25N3O/c1-16-9-11-18(12-10-16)22-20(24)21-15-19(23-13-5-6-14-23)17-7-3-2-4-8-17/h2-4,7-12,19H,5-6,13-15H2,1H3,(H2,21,22,24)/t19-/m1/s1. The molecule has 0 bridgehead atoms. The number of carbonyl (C=O) groups is 1. The van der Waals surface area contributed by atoms with Crippen LogP contribution >= 0.6 is 0 Å². The lowest BCUT2D eigenvalue weighted by Crippen LogP contribution is -2.38. The summed E-state index contributed by atoms with van der Waals surface area (Å²) < 4.78 is 0. The molecule has 0 unspecified atom stereocenters. The topological polar surface area (TPSA) is 44.4 Å². The molecule has 0 saturated carbocycles. The quantitative estimate of drug-likeness (QED) is 0.875. The summed E-state index contributed by atoms with van der Waals surface area (Å²) in [6, 6.07) is 18.3. The zero-order chi connectivity index (χ0) is 16.8. The average Bonchev–Trinajstić information content (AvgIpc) is 3.12. The molecule has 2 N–H and O–H groups in total. The minimum Gasteiger partial charge on any atom is -0.336 e. The van der Waals surface area contributed by atoms with E-state index >= 15 is 0 Å². The van der Waals surface area contributed by atoms with Crippen molar-refractivity contribution in [2.75, 3.05) is 25.0 Å². The zero-order valence-electron chi connectivity index (χ0n) is 14.2. The van der Waals surface area contributed by atoms with E-state index in [1.54, 1.807) is 0 Å². The van der Waals surface area contributed by atoms with Gasteiger partial charge in [0, 0.05) is 12.2 Å². The Hall–Kier alpha value is -2.33. The lowest BCUT2D eigenvalue weighted by Gasteiger charge is -2.28. The second kappa shape index (κ2) is 7.97. The third kappa shape index (κ3) is 4.36. The molecule has 4 heteroatoms. The first-order chi connectivity index (χ1) is 11.7. The highest BCUT2D eigenvalue weighted by Gasteiger charge is 2.23. The third-order valence-electron chi connectivity index (χ3n) is 4.53. The van der Waals surface area contributed by atoms with Crippen LogP contribution in [0.25, 0.3) is 0 Å². The molecular formula is C20H25N3O. The highest BCUT2D eigenvalue weighted by atomic mass is 16.2. The van der Waals surface area contributed by atoms with E-state index in [-0.39, 0.29) is 12.1 Å². The van der Waals surface area contributed by atoms with E-state index in [0.29, 0.717) is 6.54 Å². The highest BCUT2D eigenvalue weighted by molar-refractivity contribution is 5.89. The summed E-state index contributed by atoms with van der Waals surface area (Å²) in [5.41, 5.74) is 3.25. The predicted molar refractivity (Wildman–Crippen MR) is 98.2 cm³/mol. The Labute approximate surface area is 143 Å². The molecule has 1 heterocycles. The Balaban J connectivity index is 1.60. The van der Waals surface area contributed by atoms with E-state index in [4.69, 9.17) is 0 Å². The number of aryl methyl sites for hydroxylation is 1. The van der Waals surface area contributed by atoms with Gasteiger partial charge in [-0.3, -0.25) is 4.90 Å². The van der Waals surface area contributed by atoms with Crippen molar-refractivity contribution in [3.05, 3.63) is 65.7 Å². The molecule has 24 heavy (non-hydrogen) atoms. The SMILES string of the molecule is Cc1ccc(NC(=O)NC[C@H](c2ccccc2)N2CCCC2)cc1. The molecule has 2 aromatic carbocycles. The molecule has 1 saturated heterocycles. The number of nitrogens with zero attached hydrogens (tertiary/aromatic N) is 1. The molecule has 3 rings (SSSR count). The first-order valence-electron chi connectivity index (χ1n) is 8.63. The van der Waals surface area contributed by atoms with Gasteiger partial charge in [0.25, 0.3) is 0 Å². The van der Waals surface area contributed by atoms with Crippen molar-refractivity contribution in [1.82, 2.24) is 10.2 Å². The maximum Gasteiger partial charge on any atom is 0.319 e. The molecule has 1 aliphatic rings. The number of carbonyl (C=O) groups excluding carboxylic acids is 1. The van der Waals surface area contributed by atoms with Crippen molar-refractivity contribution >= 4 is 11.7 Å². The lowest BCUT2D eigenvalue weighted by molar-refractivity contribution is 0.227. The summed E-state index contributed by atoms with van der Waals surface area (Å²) in [6.07, 6.45) is 2.47. The molecule has 1 atom stereocenters. The van der Waals surface area contributed by atoms with Gasteiger partial charge in [-0.1, -0.05) is 48.0 Å². The zero-order valence-corrected chi connectivity index (χ0v) is 14.2. The van der Waals surface area contributed by atoms with Crippen molar-refractivity contribution in [3.63, 3.8) is 0 Å². The molecule has 1 fully saturated rings. The summed E-state index contributed by atoms with van der Waals surface area (Å²) in [7, 11) is 0. The van der Waals surface area contributed by atoms with Crippen LogP contribution in [0.2, 0.25) is 0 Å². The fraction of sp³-hybridized carbons (Fsp3) is 0.350. The van der Waals surface area contributed by atoms with Crippen LogP contribution in [0.15, 0.2) is 54.6 Å². The van der Waals surface area contributed by atoms with Crippen LogP contribution in [-0.4, -0.2) is 30.6 Å². The summed E-state index contributed by atoms with van der Waals surface area (Å²) in [5.74, 6) is 0. The second-order valence-corrected chi connectivity index (χ2v) is 6.37. The van der Waals surface area contributed by atoms with Gasteiger partial charge in [-0.05, 0) is 50.6 Å². The van der Waals surface area contributed by atoms with Crippen LogP contribution in [-0.2, 0) is 0 Å². The molecule has 1 aliphatic heterocycles. The Morgan fingerprint density at radius 1 is 1.04 bits per heavy atom. The van der Waals surface area contributed by atoms with Crippen molar-refractivity contribution in [1.29, 1.82) is 0 Å². The molecule has 0 aromatic heterocycles. The van der Waals surface area contributed by atoms with Crippen LogP contribution in [0.1, 0.15) is 30.0 Å². The molecular weight excluding hydrogens is 298 g/mol. The number of amides is 2. The largest absolute Gasteiger partial charge is 0.336 e. The van der Waals surface area contributed by atoms with E-state index in [0.717, 1.165) is 18.8 Å². The predicted octanol–water partition coefficient (Wildman–Crippen LogP) is 3.95. The number of likely N-dealkylation sites (tertiary alicyclic amines) is 1. The molecule has 0 aliphatic carbocycles. The fourth-order valence-electron chi connectivity index (χ4n) is 3.19. The molecule has 0 spiro atoms. The minimum absolute atomic E-state index is 0.154. The highest BCUT2D eigenvalue weighted by Crippen LogP contribution is 2.24. The summed E-state index contributed by atoms with van der Waals surface area (Å²) in [6.45, 7) is 4.84. The summed E-state index contributed by atoms with van der Waals surface area (Å²) in [4.78, 5) is 14.7. The smallest absolute Gasteiger partial charge is 0.319 e. The summed E-state index contributed by atoms with van der Waals surface area (Å²) in [5, 5.41) is 5.93.